The number of halogens is 1. The monoisotopic (exact) mass is 357 g/mol. The summed E-state index contributed by atoms with van der Waals surface area (Å²) in [5.41, 5.74) is 2.42. The van der Waals surface area contributed by atoms with E-state index in [1.165, 1.54) is 12.3 Å². The zero-order valence-corrected chi connectivity index (χ0v) is 14.3. The molecule has 0 aliphatic carbocycles. The number of ether oxygens (including phenoxy) is 1. The zero-order valence-electron chi connectivity index (χ0n) is 13.5. The quantitative estimate of drug-likeness (QED) is 0.683. The largest absolute Gasteiger partial charge is 0.461 e. The third-order valence-corrected chi connectivity index (χ3v) is 3.76. The number of hydrogen-bond donors (Lipinski definition) is 2. The van der Waals surface area contributed by atoms with E-state index < -0.39 is 5.97 Å². The molecule has 0 fully saturated rings. The highest BCUT2D eigenvalue weighted by atomic mass is 35.5. The van der Waals surface area contributed by atoms with Crippen LogP contribution in [0.15, 0.2) is 42.6 Å². The van der Waals surface area contributed by atoms with Crippen LogP contribution in [0.2, 0.25) is 5.02 Å². The van der Waals surface area contributed by atoms with Gasteiger partial charge in [0.15, 0.2) is 0 Å². The number of amides is 1. The van der Waals surface area contributed by atoms with Crippen molar-refractivity contribution in [2.24, 2.45) is 0 Å². The van der Waals surface area contributed by atoms with E-state index in [-0.39, 0.29) is 24.6 Å². The number of benzene rings is 1. The standard InChI is InChI=1S/C18H16ClN3O3/c1-2-25-18(24)16-6-4-13(10-20-16)22-17(23)9-14-8-11-7-12(19)3-5-15(11)21-14/h3-8,10,21H,2,9H2,1H3,(H,22,23). The number of nitrogens with zero attached hydrogens (tertiary/aromatic N) is 1. The first-order valence-corrected chi connectivity index (χ1v) is 8.13. The van der Waals surface area contributed by atoms with Gasteiger partial charge in [-0.2, -0.15) is 0 Å². The Balaban J connectivity index is 1.64. The van der Waals surface area contributed by atoms with Crippen LogP contribution in [0.1, 0.15) is 23.1 Å². The maximum absolute atomic E-state index is 12.2. The Labute approximate surface area is 149 Å². The molecule has 0 saturated heterocycles. The molecule has 0 radical (unpaired) electrons. The van der Waals surface area contributed by atoms with Gasteiger partial charge in [-0.3, -0.25) is 4.79 Å². The molecule has 0 aliphatic rings. The van der Waals surface area contributed by atoms with Crippen LogP contribution in [0, 0.1) is 0 Å². The van der Waals surface area contributed by atoms with E-state index in [1.807, 2.05) is 18.2 Å². The lowest BCUT2D eigenvalue weighted by molar-refractivity contribution is -0.115. The van der Waals surface area contributed by atoms with Gasteiger partial charge in [0, 0.05) is 21.6 Å². The number of nitrogens with one attached hydrogen (secondary N) is 2. The molecule has 0 atom stereocenters. The van der Waals surface area contributed by atoms with Crippen molar-refractivity contribution in [2.75, 3.05) is 11.9 Å². The molecule has 25 heavy (non-hydrogen) atoms. The maximum Gasteiger partial charge on any atom is 0.356 e. The van der Waals surface area contributed by atoms with Crippen LogP contribution in [0.25, 0.3) is 10.9 Å². The summed E-state index contributed by atoms with van der Waals surface area (Å²) in [6, 6.07) is 10.5. The average molecular weight is 358 g/mol. The third-order valence-electron chi connectivity index (χ3n) is 3.52. The zero-order chi connectivity index (χ0) is 17.8. The van der Waals surface area contributed by atoms with E-state index in [2.05, 4.69) is 15.3 Å². The summed E-state index contributed by atoms with van der Waals surface area (Å²) in [6.07, 6.45) is 1.61. The lowest BCUT2D eigenvalue weighted by atomic mass is 10.2. The van der Waals surface area contributed by atoms with Crippen LogP contribution < -0.4 is 5.32 Å². The van der Waals surface area contributed by atoms with Crippen LogP contribution in [0.5, 0.6) is 0 Å². The molecule has 2 N–H and O–H groups in total. The van der Waals surface area contributed by atoms with Crippen molar-refractivity contribution in [2.45, 2.75) is 13.3 Å². The minimum atomic E-state index is -0.489. The number of hydrogen-bond acceptors (Lipinski definition) is 4. The fraction of sp³-hybridized carbons (Fsp3) is 0.167. The average Bonchev–Trinajstić information content (AvgIpc) is 2.96. The smallest absolute Gasteiger partial charge is 0.356 e. The van der Waals surface area contributed by atoms with Gasteiger partial charge in [0.2, 0.25) is 5.91 Å². The minimum Gasteiger partial charge on any atom is -0.461 e. The van der Waals surface area contributed by atoms with Gasteiger partial charge in [-0.1, -0.05) is 11.6 Å². The molecule has 7 heteroatoms. The van der Waals surface area contributed by atoms with E-state index in [0.717, 1.165) is 16.6 Å². The van der Waals surface area contributed by atoms with Gasteiger partial charge >= 0.3 is 5.97 Å². The van der Waals surface area contributed by atoms with E-state index in [9.17, 15) is 9.59 Å². The molecule has 1 amide bonds. The molecule has 0 unspecified atom stereocenters. The van der Waals surface area contributed by atoms with Crippen LogP contribution in [-0.2, 0) is 16.0 Å². The Morgan fingerprint density at radius 2 is 2.08 bits per heavy atom. The Morgan fingerprint density at radius 1 is 1.24 bits per heavy atom. The Hall–Kier alpha value is -2.86. The fourth-order valence-corrected chi connectivity index (χ4v) is 2.61. The van der Waals surface area contributed by atoms with Crippen molar-refractivity contribution in [1.82, 2.24) is 9.97 Å². The van der Waals surface area contributed by atoms with Crippen molar-refractivity contribution in [3.05, 3.63) is 59.0 Å². The number of esters is 1. The van der Waals surface area contributed by atoms with Crippen molar-refractivity contribution >= 4 is 40.1 Å². The molecule has 1 aromatic carbocycles. The fourth-order valence-electron chi connectivity index (χ4n) is 2.43. The van der Waals surface area contributed by atoms with E-state index >= 15 is 0 Å². The van der Waals surface area contributed by atoms with Crippen LogP contribution in [0.4, 0.5) is 5.69 Å². The second kappa shape index (κ2) is 7.36. The van der Waals surface area contributed by atoms with Crippen molar-refractivity contribution in [3.8, 4) is 0 Å². The van der Waals surface area contributed by atoms with Gasteiger partial charge in [0.25, 0.3) is 0 Å². The van der Waals surface area contributed by atoms with E-state index in [0.29, 0.717) is 10.7 Å². The summed E-state index contributed by atoms with van der Waals surface area (Å²) in [5, 5.41) is 4.35. The van der Waals surface area contributed by atoms with Crippen LogP contribution in [-0.4, -0.2) is 28.5 Å². The highest BCUT2D eigenvalue weighted by Crippen LogP contribution is 2.20. The predicted octanol–water partition coefficient (Wildman–Crippen LogP) is 3.57. The predicted molar refractivity (Wildman–Crippen MR) is 95.8 cm³/mol. The first-order valence-electron chi connectivity index (χ1n) is 7.75. The van der Waals surface area contributed by atoms with Gasteiger partial charge in [-0.25, -0.2) is 9.78 Å². The van der Waals surface area contributed by atoms with Gasteiger partial charge in [-0.15, -0.1) is 0 Å². The molecule has 0 spiro atoms. The van der Waals surface area contributed by atoms with E-state index in [1.54, 1.807) is 19.1 Å². The highest BCUT2D eigenvalue weighted by molar-refractivity contribution is 6.31. The highest BCUT2D eigenvalue weighted by Gasteiger charge is 2.10. The van der Waals surface area contributed by atoms with Crippen molar-refractivity contribution < 1.29 is 14.3 Å². The molecule has 3 aromatic rings. The summed E-state index contributed by atoms with van der Waals surface area (Å²) in [4.78, 5) is 30.9. The summed E-state index contributed by atoms with van der Waals surface area (Å²) < 4.78 is 4.86. The molecular weight excluding hydrogens is 342 g/mol. The van der Waals surface area contributed by atoms with Gasteiger partial charge in [0.05, 0.1) is 24.9 Å². The molecule has 6 nitrogen and oxygen atoms in total. The molecular formula is C18H16ClN3O3. The van der Waals surface area contributed by atoms with Crippen LogP contribution >= 0.6 is 11.6 Å². The summed E-state index contributed by atoms with van der Waals surface area (Å²) in [7, 11) is 0. The minimum absolute atomic E-state index is 0.186. The first kappa shape index (κ1) is 17.0. The molecule has 0 bridgehead atoms. The van der Waals surface area contributed by atoms with Crippen molar-refractivity contribution in [3.63, 3.8) is 0 Å². The number of aromatic nitrogens is 2. The summed E-state index contributed by atoms with van der Waals surface area (Å²) >= 11 is 5.96. The second-order valence-electron chi connectivity index (χ2n) is 5.40. The summed E-state index contributed by atoms with van der Waals surface area (Å²) in [5.74, 6) is -0.680. The van der Waals surface area contributed by atoms with Gasteiger partial charge in [-0.05, 0) is 43.3 Å². The number of fused-ring (bicyclic) bond motifs is 1. The number of pyridine rings is 1. The lowest BCUT2D eigenvalue weighted by Crippen LogP contribution is -2.15. The molecule has 0 aliphatic heterocycles. The lowest BCUT2D eigenvalue weighted by Gasteiger charge is -2.05. The van der Waals surface area contributed by atoms with Crippen molar-refractivity contribution in [1.29, 1.82) is 0 Å². The number of rotatable bonds is 5. The molecule has 0 saturated carbocycles. The number of aromatic amines is 1. The molecule has 2 aromatic heterocycles. The molecule has 3 rings (SSSR count). The SMILES string of the molecule is CCOC(=O)c1ccc(NC(=O)Cc2cc3cc(Cl)ccc3[nH]2)cn1. The summed E-state index contributed by atoms with van der Waals surface area (Å²) in [6.45, 7) is 2.01. The third kappa shape index (κ3) is 4.16. The normalized spacial score (nSPS) is 10.6. The molecule has 128 valence electrons. The Morgan fingerprint density at radius 3 is 2.80 bits per heavy atom. The topological polar surface area (TPSA) is 84.1 Å². The number of carbonyl (C=O) groups excluding carboxylic acids is 2. The van der Waals surface area contributed by atoms with Gasteiger partial charge in [0.1, 0.15) is 5.69 Å². The van der Waals surface area contributed by atoms with Crippen LogP contribution in [0.3, 0.4) is 0 Å². The molecule has 2 heterocycles. The number of H-pyrrole nitrogens is 1. The number of anilines is 1. The maximum atomic E-state index is 12.2. The number of carbonyl (C=O) groups is 2. The second-order valence-corrected chi connectivity index (χ2v) is 5.84. The van der Waals surface area contributed by atoms with E-state index in [4.69, 9.17) is 16.3 Å². The van der Waals surface area contributed by atoms with Gasteiger partial charge < -0.3 is 15.0 Å². The Bertz CT molecular complexity index is 919. The first-order chi connectivity index (χ1) is 12.0. The Kier molecular flexibility index (Phi) is 5.00.